The van der Waals surface area contributed by atoms with Gasteiger partial charge in [0.25, 0.3) is 6.02 Å². The third kappa shape index (κ3) is 3.91. The molecule has 0 bridgehead atoms. The Labute approximate surface area is 92.0 Å². The van der Waals surface area contributed by atoms with Gasteiger partial charge in [-0.15, -0.1) is 0 Å². The number of nitrogens with one attached hydrogen (secondary N) is 1. The Balaban J connectivity index is 2.31. The van der Waals surface area contributed by atoms with Gasteiger partial charge in [0.05, 0.1) is 0 Å². The van der Waals surface area contributed by atoms with Crippen molar-refractivity contribution in [1.82, 2.24) is 10.2 Å². The number of likely N-dealkylation sites (N-methyl/N-ethyl adjacent to an activating group) is 1. The fraction of sp³-hybridized carbons (Fsp3) is 0.727. The summed E-state index contributed by atoms with van der Waals surface area (Å²) in [6.07, 6.45) is 2.47. The van der Waals surface area contributed by atoms with Gasteiger partial charge in [-0.2, -0.15) is 0 Å². The molecule has 4 heteroatoms. The van der Waals surface area contributed by atoms with Crippen molar-refractivity contribution in [2.75, 3.05) is 27.2 Å². The van der Waals surface area contributed by atoms with E-state index in [2.05, 4.69) is 28.8 Å². The van der Waals surface area contributed by atoms with E-state index in [-0.39, 0.29) is 0 Å². The number of nitrogens with zero attached hydrogens (tertiary/aromatic N) is 2. The minimum atomic E-state index is 0.522. The maximum Gasteiger partial charge on any atom is 0.288 e. The number of aliphatic imine (C=N–C) groups is 1. The molecule has 0 amide bonds. The molecule has 0 aromatic carbocycles. The molecule has 1 saturated heterocycles. The van der Waals surface area contributed by atoms with Crippen molar-refractivity contribution < 1.29 is 4.74 Å². The van der Waals surface area contributed by atoms with Gasteiger partial charge < -0.3 is 15.0 Å². The van der Waals surface area contributed by atoms with E-state index in [0.29, 0.717) is 18.7 Å². The van der Waals surface area contributed by atoms with Crippen LogP contribution in [0.2, 0.25) is 0 Å². The fourth-order valence-corrected chi connectivity index (χ4v) is 1.70. The van der Waals surface area contributed by atoms with E-state index in [1.165, 1.54) is 19.4 Å². The van der Waals surface area contributed by atoms with Gasteiger partial charge in [0, 0.05) is 18.8 Å². The molecule has 0 saturated carbocycles. The van der Waals surface area contributed by atoms with Crippen LogP contribution in [0.25, 0.3) is 0 Å². The molecule has 1 aliphatic heterocycles. The Morgan fingerprint density at radius 1 is 1.67 bits per heavy atom. The molecule has 0 radical (unpaired) electrons. The van der Waals surface area contributed by atoms with Crippen LogP contribution in [-0.2, 0) is 4.74 Å². The molecule has 0 spiro atoms. The highest BCUT2D eigenvalue weighted by Crippen LogP contribution is 2.14. The van der Waals surface area contributed by atoms with Crippen molar-refractivity contribution in [3.8, 4) is 0 Å². The molecular formula is C11H21N3O. The summed E-state index contributed by atoms with van der Waals surface area (Å²) in [6, 6.07) is 1.08. The molecule has 1 heterocycles. The Hall–Kier alpha value is -1.03. The van der Waals surface area contributed by atoms with Gasteiger partial charge in [-0.05, 0) is 33.4 Å². The molecule has 1 N–H and O–H groups in total. The third-order valence-corrected chi connectivity index (χ3v) is 2.61. The minimum absolute atomic E-state index is 0.522. The van der Waals surface area contributed by atoms with Crippen LogP contribution in [0.3, 0.4) is 0 Å². The van der Waals surface area contributed by atoms with E-state index in [0.717, 1.165) is 5.70 Å². The van der Waals surface area contributed by atoms with Gasteiger partial charge in [0.15, 0.2) is 0 Å². The number of hydrogen-bond acceptors (Lipinski definition) is 3. The summed E-state index contributed by atoms with van der Waals surface area (Å²) in [5.74, 6) is 0. The van der Waals surface area contributed by atoms with Crippen molar-refractivity contribution in [3.63, 3.8) is 0 Å². The normalized spacial score (nSPS) is 22.9. The lowest BCUT2D eigenvalue weighted by Crippen LogP contribution is -2.33. The predicted molar refractivity (Wildman–Crippen MR) is 62.9 cm³/mol. The van der Waals surface area contributed by atoms with Crippen LogP contribution in [0.4, 0.5) is 0 Å². The number of allylic oxidation sites excluding steroid dienone is 1. The highest BCUT2D eigenvalue weighted by atomic mass is 16.5. The number of ether oxygens (including phenoxy) is 1. The van der Waals surface area contributed by atoms with Crippen molar-refractivity contribution in [1.29, 1.82) is 0 Å². The van der Waals surface area contributed by atoms with Crippen LogP contribution < -0.4 is 5.32 Å². The SMILES string of the molecule is C=C(C)NC(=NC)OC[C@@H]1CCCN1C. The summed E-state index contributed by atoms with van der Waals surface area (Å²) in [5, 5.41) is 2.98. The molecule has 0 aliphatic carbocycles. The largest absolute Gasteiger partial charge is 0.463 e. The van der Waals surface area contributed by atoms with Gasteiger partial charge in [0.1, 0.15) is 6.61 Å². The standard InChI is InChI=1S/C11H21N3O/c1-9(2)13-11(12-3)15-8-10-6-5-7-14(10)4/h10H,1,5-8H2,2-4H3,(H,12,13)/t10-/m0/s1. The Morgan fingerprint density at radius 3 is 2.87 bits per heavy atom. The zero-order chi connectivity index (χ0) is 11.3. The zero-order valence-corrected chi connectivity index (χ0v) is 9.92. The zero-order valence-electron chi connectivity index (χ0n) is 9.92. The third-order valence-electron chi connectivity index (χ3n) is 2.61. The molecular weight excluding hydrogens is 190 g/mol. The summed E-state index contributed by atoms with van der Waals surface area (Å²) >= 11 is 0. The van der Waals surface area contributed by atoms with Gasteiger partial charge in [-0.1, -0.05) is 6.58 Å². The highest BCUT2D eigenvalue weighted by molar-refractivity contribution is 5.75. The molecule has 4 nitrogen and oxygen atoms in total. The summed E-state index contributed by atoms with van der Waals surface area (Å²) in [7, 11) is 3.85. The Morgan fingerprint density at radius 2 is 2.40 bits per heavy atom. The minimum Gasteiger partial charge on any atom is -0.463 e. The number of hydrogen-bond donors (Lipinski definition) is 1. The van der Waals surface area contributed by atoms with Gasteiger partial charge in [0.2, 0.25) is 0 Å². The molecule has 0 unspecified atom stereocenters. The second kappa shape index (κ2) is 5.75. The lowest BCUT2D eigenvalue weighted by atomic mass is 10.2. The summed E-state index contributed by atoms with van der Waals surface area (Å²) < 4.78 is 5.59. The lowest BCUT2D eigenvalue weighted by molar-refractivity contribution is 0.185. The summed E-state index contributed by atoms with van der Waals surface area (Å²) in [5.41, 5.74) is 0.843. The molecule has 1 aliphatic rings. The first-order chi connectivity index (χ1) is 7.13. The monoisotopic (exact) mass is 211 g/mol. The van der Waals surface area contributed by atoms with Crippen LogP contribution in [-0.4, -0.2) is 44.2 Å². The van der Waals surface area contributed by atoms with E-state index in [1.54, 1.807) is 7.05 Å². The van der Waals surface area contributed by atoms with E-state index in [9.17, 15) is 0 Å². The van der Waals surface area contributed by atoms with Crippen LogP contribution in [0, 0.1) is 0 Å². The smallest absolute Gasteiger partial charge is 0.288 e. The van der Waals surface area contributed by atoms with E-state index in [4.69, 9.17) is 4.74 Å². The average Bonchev–Trinajstić information content (AvgIpc) is 2.58. The quantitative estimate of drug-likeness (QED) is 0.563. The molecule has 1 fully saturated rings. The second-order valence-corrected chi connectivity index (χ2v) is 4.02. The predicted octanol–water partition coefficient (Wildman–Crippen LogP) is 1.21. The lowest BCUT2D eigenvalue weighted by Gasteiger charge is -2.20. The maximum absolute atomic E-state index is 5.59. The molecule has 86 valence electrons. The first kappa shape index (κ1) is 12.0. The summed E-state index contributed by atoms with van der Waals surface area (Å²) in [4.78, 5) is 6.35. The molecule has 1 rings (SSSR count). The molecule has 0 aromatic heterocycles. The van der Waals surface area contributed by atoms with Crippen molar-refractivity contribution >= 4 is 6.02 Å². The topological polar surface area (TPSA) is 36.9 Å². The summed E-state index contributed by atoms with van der Waals surface area (Å²) in [6.45, 7) is 7.51. The molecule has 1 atom stereocenters. The number of amidine groups is 1. The van der Waals surface area contributed by atoms with Gasteiger partial charge in [-0.3, -0.25) is 0 Å². The average molecular weight is 211 g/mol. The maximum atomic E-state index is 5.59. The Kier molecular flexibility index (Phi) is 4.62. The van der Waals surface area contributed by atoms with E-state index in [1.807, 2.05) is 6.92 Å². The number of likely N-dealkylation sites (tertiary alicyclic amines) is 1. The molecule has 15 heavy (non-hydrogen) atoms. The van der Waals surface area contributed by atoms with Crippen LogP contribution in [0.1, 0.15) is 19.8 Å². The Bertz CT molecular complexity index is 250. The van der Waals surface area contributed by atoms with Gasteiger partial charge >= 0.3 is 0 Å². The second-order valence-electron chi connectivity index (χ2n) is 4.02. The highest BCUT2D eigenvalue weighted by Gasteiger charge is 2.21. The number of rotatable bonds is 3. The van der Waals surface area contributed by atoms with E-state index < -0.39 is 0 Å². The van der Waals surface area contributed by atoms with Gasteiger partial charge in [-0.25, -0.2) is 4.99 Å². The van der Waals surface area contributed by atoms with Crippen molar-refractivity contribution in [2.45, 2.75) is 25.8 Å². The van der Waals surface area contributed by atoms with Crippen LogP contribution in [0.15, 0.2) is 17.3 Å². The van der Waals surface area contributed by atoms with Crippen molar-refractivity contribution in [2.24, 2.45) is 4.99 Å². The van der Waals surface area contributed by atoms with Crippen LogP contribution in [0.5, 0.6) is 0 Å². The van der Waals surface area contributed by atoms with Crippen LogP contribution >= 0.6 is 0 Å². The first-order valence-corrected chi connectivity index (χ1v) is 5.36. The van der Waals surface area contributed by atoms with E-state index >= 15 is 0 Å². The first-order valence-electron chi connectivity index (χ1n) is 5.36. The fourth-order valence-electron chi connectivity index (χ4n) is 1.70. The molecule has 0 aromatic rings. The van der Waals surface area contributed by atoms with Crippen molar-refractivity contribution in [3.05, 3.63) is 12.3 Å².